The third kappa shape index (κ3) is 5.86. The van der Waals surface area contributed by atoms with E-state index in [1.54, 1.807) is 0 Å². The van der Waals surface area contributed by atoms with Crippen LogP contribution in [0.3, 0.4) is 0 Å². The van der Waals surface area contributed by atoms with Crippen LogP contribution in [0.1, 0.15) is 59.3 Å². The van der Waals surface area contributed by atoms with E-state index in [2.05, 4.69) is 31.4 Å². The Bertz CT molecular complexity index is 162. The zero-order chi connectivity index (χ0) is 11.8. The van der Waals surface area contributed by atoms with Gasteiger partial charge in [0.2, 0.25) is 0 Å². The van der Waals surface area contributed by atoms with Gasteiger partial charge in [-0.05, 0) is 45.2 Å². The lowest BCUT2D eigenvalue weighted by Crippen LogP contribution is -2.38. The molecule has 1 aliphatic heterocycles. The molecule has 0 aliphatic carbocycles. The van der Waals surface area contributed by atoms with Crippen molar-refractivity contribution in [2.24, 2.45) is 5.92 Å². The summed E-state index contributed by atoms with van der Waals surface area (Å²) in [5.41, 5.74) is 0. The van der Waals surface area contributed by atoms with E-state index in [4.69, 9.17) is 0 Å². The van der Waals surface area contributed by atoms with Crippen molar-refractivity contribution in [2.45, 2.75) is 71.4 Å². The van der Waals surface area contributed by atoms with Gasteiger partial charge in [-0.3, -0.25) is 0 Å². The fourth-order valence-electron chi connectivity index (χ4n) is 2.36. The van der Waals surface area contributed by atoms with Crippen LogP contribution < -0.4 is 10.6 Å². The standard InChI is InChI=1S/C14H30N2/c1-4-12(2)11-16-13(3)10-14-8-6-5-7-9-15-14/h12-16H,4-11H2,1-3H3. The Morgan fingerprint density at radius 2 is 2.06 bits per heavy atom. The van der Waals surface area contributed by atoms with E-state index in [0.717, 1.165) is 12.0 Å². The van der Waals surface area contributed by atoms with E-state index < -0.39 is 0 Å². The fraction of sp³-hybridized carbons (Fsp3) is 1.00. The first-order chi connectivity index (χ1) is 7.72. The minimum Gasteiger partial charge on any atom is -0.314 e. The third-order valence-corrected chi connectivity index (χ3v) is 3.81. The summed E-state index contributed by atoms with van der Waals surface area (Å²) >= 11 is 0. The van der Waals surface area contributed by atoms with Crippen LogP contribution in [0.4, 0.5) is 0 Å². The molecular weight excluding hydrogens is 196 g/mol. The van der Waals surface area contributed by atoms with Crippen LogP contribution in [0.25, 0.3) is 0 Å². The van der Waals surface area contributed by atoms with Gasteiger partial charge in [-0.15, -0.1) is 0 Å². The average Bonchev–Trinajstić information content (AvgIpc) is 2.54. The van der Waals surface area contributed by atoms with Gasteiger partial charge in [-0.25, -0.2) is 0 Å². The quantitative estimate of drug-likeness (QED) is 0.727. The van der Waals surface area contributed by atoms with Gasteiger partial charge in [0.1, 0.15) is 0 Å². The van der Waals surface area contributed by atoms with Crippen LogP contribution in [0, 0.1) is 5.92 Å². The van der Waals surface area contributed by atoms with Gasteiger partial charge in [0.25, 0.3) is 0 Å². The molecule has 0 spiro atoms. The number of nitrogens with one attached hydrogen (secondary N) is 2. The molecule has 1 heterocycles. The molecule has 0 radical (unpaired) electrons. The molecule has 2 nitrogen and oxygen atoms in total. The smallest absolute Gasteiger partial charge is 0.00817 e. The van der Waals surface area contributed by atoms with Gasteiger partial charge in [-0.2, -0.15) is 0 Å². The molecule has 3 unspecified atom stereocenters. The largest absolute Gasteiger partial charge is 0.314 e. The summed E-state index contributed by atoms with van der Waals surface area (Å²) in [7, 11) is 0. The highest BCUT2D eigenvalue weighted by Gasteiger charge is 2.14. The second-order valence-corrected chi connectivity index (χ2v) is 5.56. The summed E-state index contributed by atoms with van der Waals surface area (Å²) in [6.07, 6.45) is 8.13. The topological polar surface area (TPSA) is 24.1 Å². The van der Waals surface area contributed by atoms with Gasteiger partial charge in [0.15, 0.2) is 0 Å². The van der Waals surface area contributed by atoms with E-state index in [9.17, 15) is 0 Å². The van der Waals surface area contributed by atoms with Crippen LogP contribution in [0.5, 0.6) is 0 Å². The summed E-state index contributed by atoms with van der Waals surface area (Å²) < 4.78 is 0. The van der Waals surface area contributed by atoms with Gasteiger partial charge >= 0.3 is 0 Å². The molecule has 1 rings (SSSR count). The Kier molecular flexibility index (Phi) is 7.06. The first-order valence-electron chi connectivity index (χ1n) is 7.19. The van der Waals surface area contributed by atoms with Gasteiger partial charge in [-0.1, -0.05) is 33.1 Å². The van der Waals surface area contributed by atoms with Crippen molar-refractivity contribution in [2.75, 3.05) is 13.1 Å². The van der Waals surface area contributed by atoms with Crippen molar-refractivity contribution in [3.63, 3.8) is 0 Å². The Balaban J connectivity index is 2.14. The Hall–Kier alpha value is -0.0800. The highest BCUT2D eigenvalue weighted by atomic mass is 14.9. The molecule has 0 saturated carbocycles. The lowest BCUT2D eigenvalue weighted by molar-refractivity contribution is 0.380. The Morgan fingerprint density at radius 1 is 1.25 bits per heavy atom. The Labute approximate surface area is 102 Å². The minimum atomic E-state index is 0.657. The second kappa shape index (κ2) is 8.08. The molecule has 0 amide bonds. The summed E-state index contributed by atoms with van der Waals surface area (Å²) in [5.74, 6) is 0.810. The van der Waals surface area contributed by atoms with Crippen LogP contribution >= 0.6 is 0 Å². The van der Waals surface area contributed by atoms with Crippen molar-refractivity contribution in [3.05, 3.63) is 0 Å². The minimum absolute atomic E-state index is 0.657. The monoisotopic (exact) mass is 226 g/mol. The molecule has 96 valence electrons. The molecule has 1 aliphatic rings. The van der Waals surface area contributed by atoms with Crippen molar-refractivity contribution in [3.8, 4) is 0 Å². The molecule has 2 N–H and O–H groups in total. The summed E-state index contributed by atoms with van der Waals surface area (Å²) in [6.45, 7) is 9.32. The maximum atomic E-state index is 3.67. The predicted octanol–water partition coefficient (Wildman–Crippen LogP) is 2.93. The summed E-state index contributed by atoms with van der Waals surface area (Å²) in [4.78, 5) is 0. The second-order valence-electron chi connectivity index (χ2n) is 5.56. The Morgan fingerprint density at radius 3 is 2.81 bits per heavy atom. The lowest BCUT2D eigenvalue weighted by atomic mass is 10.0. The van der Waals surface area contributed by atoms with Crippen molar-refractivity contribution < 1.29 is 0 Å². The fourth-order valence-corrected chi connectivity index (χ4v) is 2.36. The van der Waals surface area contributed by atoms with Crippen LogP contribution in [-0.4, -0.2) is 25.2 Å². The molecule has 3 atom stereocenters. The number of hydrogen-bond donors (Lipinski definition) is 2. The average molecular weight is 226 g/mol. The SMILES string of the molecule is CCC(C)CNC(C)CC1CCCCCN1. The van der Waals surface area contributed by atoms with E-state index in [0.29, 0.717) is 6.04 Å². The predicted molar refractivity (Wildman–Crippen MR) is 71.8 cm³/mol. The lowest BCUT2D eigenvalue weighted by Gasteiger charge is -2.22. The van der Waals surface area contributed by atoms with Crippen LogP contribution in [-0.2, 0) is 0 Å². The zero-order valence-corrected chi connectivity index (χ0v) is 11.4. The van der Waals surface area contributed by atoms with Gasteiger partial charge in [0, 0.05) is 12.1 Å². The van der Waals surface area contributed by atoms with E-state index in [1.165, 1.54) is 51.6 Å². The van der Waals surface area contributed by atoms with Crippen molar-refractivity contribution in [1.82, 2.24) is 10.6 Å². The van der Waals surface area contributed by atoms with E-state index >= 15 is 0 Å². The maximum Gasteiger partial charge on any atom is 0.00817 e. The molecule has 0 bridgehead atoms. The van der Waals surface area contributed by atoms with Crippen LogP contribution in [0.15, 0.2) is 0 Å². The molecular formula is C14H30N2. The molecule has 0 aromatic rings. The molecule has 0 aromatic carbocycles. The summed E-state index contributed by atoms with van der Waals surface area (Å²) in [6, 6.07) is 1.41. The van der Waals surface area contributed by atoms with Gasteiger partial charge in [0.05, 0.1) is 0 Å². The first-order valence-corrected chi connectivity index (χ1v) is 7.19. The zero-order valence-electron chi connectivity index (χ0n) is 11.4. The first kappa shape index (κ1) is 14.0. The van der Waals surface area contributed by atoms with Crippen molar-refractivity contribution >= 4 is 0 Å². The van der Waals surface area contributed by atoms with Gasteiger partial charge < -0.3 is 10.6 Å². The van der Waals surface area contributed by atoms with E-state index in [1.807, 2.05) is 0 Å². The maximum absolute atomic E-state index is 3.67. The molecule has 0 aromatic heterocycles. The van der Waals surface area contributed by atoms with E-state index in [-0.39, 0.29) is 0 Å². The highest BCUT2D eigenvalue weighted by molar-refractivity contribution is 4.76. The normalized spacial score (nSPS) is 26.1. The molecule has 1 fully saturated rings. The molecule has 2 heteroatoms. The molecule has 16 heavy (non-hydrogen) atoms. The highest BCUT2D eigenvalue weighted by Crippen LogP contribution is 2.12. The molecule has 1 saturated heterocycles. The third-order valence-electron chi connectivity index (χ3n) is 3.81. The summed E-state index contributed by atoms with van der Waals surface area (Å²) in [5, 5.41) is 7.34. The van der Waals surface area contributed by atoms with Crippen molar-refractivity contribution in [1.29, 1.82) is 0 Å². The number of hydrogen-bond acceptors (Lipinski definition) is 2. The number of rotatable bonds is 6. The van der Waals surface area contributed by atoms with Crippen LogP contribution in [0.2, 0.25) is 0 Å².